The van der Waals surface area contributed by atoms with Gasteiger partial charge in [-0.05, 0) is 12.1 Å². The molecule has 1 aromatic carbocycles. The summed E-state index contributed by atoms with van der Waals surface area (Å²) in [6.45, 7) is 3.48. The average molecular weight is 241 g/mol. The van der Waals surface area contributed by atoms with Crippen LogP contribution in [-0.2, 0) is 4.74 Å². The highest BCUT2D eigenvalue weighted by Crippen LogP contribution is 2.25. The first kappa shape index (κ1) is 12.0. The van der Waals surface area contributed by atoms with E-state index in [4.69, 9.17) is 4.74 Å². The Balaban J connectivity index is 2.02. The van der Waals surface area contributed by atoms with Crippen molar-refractivity contribution in [2.24, 2.45) is 5.41 Å². The van der Waals surface area contributed by atoms with Crippen LogP contribution in [0.2, 0.25) is 0 Å². The molecule has 17 heavy (non-hydrogen) atoms. The molecule has 1 aliphatic heterocycles. The summed E-state index contributed by atoms with van der Waals surface area (Å²) in [6, 6.07) is 3.54. The Bertz CT molecular complexity index is 444. The fourth-order valence-electron chi connectivity index (χ4n) is 1.62. The molecule has 0 radical (unpaired) electrons. The third kappa shape index (κ3) is 2.44. The van der Waals surface area contributed by atoms with Gasteiger partial charge in [0.1, 0.15) is 0 Å². The van der Waals surface area contributed by atoms with E-state index in [1.165, 1.54) is 12.1 Å². The number of hydrogen-bond donors (Lipinski definition) is 1. The van der Waals surface area contributed by atoms with Crippen molar-refractivity contribution in [3.63, 3.8) is 0 Å². The number of halogens is 2. The third-order valence-corrected chi connectivity index (χ3v) is 2.77. The number of carbonyl (C=O) groups excluding carboxylic acids is 1. The Labute approximate surface area is 97.8 Å². The summed E-state index contributed by atoms with van der Waals surface area (Å²) < 4.78 is 31.3. The van der Waals surface area contributed by atoms with Crippen molar-refractivity contribution in [2.75, 3.05) is 19.8 Å². The Hall–Kier alpha value is -1.49. The molecule has 0 atom stereocenters. The largest absolute Gasteiger partial charge is 0.380 e. The second-order valence-corrected chi connectivity index (χ2v) is 4.59. The number of nitrogens with one attached hydrogen (secondary N) is 1. The van der Waals surface area contributed by atoms with E-state index >= 15 is 0 Å². The minimum atomic E-state index is -1.11. The lowest BCUT2D eigenvalue weighted by atomic mass is 9.88. The zero-order chi connectivity index (χ0) is 12.5. The van der Waals surface area contributed by atoms with Crippen molar-refractivity contribution < 1.29 is 18.3 Å². The molecule has 0 aliphatic carbocycles. The van der Waals surface area contributed by atoms with Crippen molar-refractivity contribution >= 4 is 5.91 Å². The predicted octanol–water partition coefficient (Wildman–Crippen LogP) is 1.73. The molecule has 1 amide bonds. The summed E-state index contributed by atoms with van der Waals surface area (Å²) in [4.78, 5) is 11.6. The molecule has 1 aromatic rings. The van der Waals surface area contributed by atoms with E-state index in [0.29, 0.717) is 19.8 Å². The summed E-state index contributed by atoms with van der Waals surface area (Å²) in [5.41, 5.74) is -0.367. The van der Waals surface area contributed by atoms with Crippen LogP contribution < -0.4 is 5.32 Å². The smallest absolute Gasteiger partial charge is 0.254 e. The SMILES string of the molecule is CC1(CNC(=O)c2cccc(F)c2F)COC1. The molecule has 5 heteroatoms. The number of ether oxygens (including phenoxy) is 1. The minimum absolute atomic E-state index is 0.0978. The van der Waals surface area contributed by atoms with Crippen LogP contribution in [0.5, 0.6) is 0 Å². The second-order valence-electron chi connectivity index (χ2n) is 4.59. The summed E-state index contributed by atoms with van der Waals surface area (Å²) in [6.07, 6.45) is 0. The molecule has 1 saturated heterocycles. The van der Waals surface area contributed by atoms with Gasteiger partial charge in [-0.1, -0.05) is 13.0 Å². The number of hydrogen-bond acceptors (Lipinski definition) is 2. The van der Waals surface area contributed by atoms with E-state index in [9.17, 15) is 13.6 Å². The van der Waals surface area contributed by atoms with Crippen molar-refractivity contribution in [3.05, 3.63) is 35.4 Å². The molecule has 1 aliphatic rings. The molecule has 92 valence electrons. The monoisotopic (exact) mass is 241 g/mol. The molecule has 0 spiro atoms. The maximum atomic E-state index is 13.3. The molecule has 2 rings (SSSR count). The molecule has 3 nitrogen and oxygen atoms in total. The molecule has 0 saturated carbocycles. The lowest BCUT2D eigenvalue weighted by Gasteiger charge is -2.38. The van der Waals surface area contributed by atoms with Gasteiger partial charge in [-0.3, -0.25) is 4.79 Å². The quantitative estimate of drug-likeness (QED) is 0.875. The molecule has 0 aromatic heterocycles. The van der Waals surface area contributed by atoms with Gasteiger partial charge in [0, 0.05) is 12.0 Å². The maximum absolute atomic E-state index is 13.3. The molecular weight excluding hydrogens is 228 g/mol. The van der Waals surface area contributed by atoms with Crippen LogP contribution in [0.3, 0.4) is 0 Å². The van der Waals surface area contributed by atoms with Gasteiger partial charge in [-0.15, -0.1) is 0 Å². The summed E-state index contributed by atoms with van der Waals surface area (Å²) >= 11 is 0. The first-order valence-corrected chi connectivity index (χ1v) is 5.32. The van der Waals surface area contributed by atoms with Crippen molar-refractivity contribution in [3.8, 4) is 0 Å². The Morgan fingerprint density at radius 1 is 1.47 bits per heavy atom. The van der Waals surface area contributed by atoms with Gasteiger partial charge in [0.05, 0.1) is 18.8 Å². The van der Waals surface area contributed by atoms with Crippen LogP contribution in [0.25, 0.3) is 0 Å². The van der Waals surface area contributed by atoms with Gasteiger partial charge in [0.2, 0.25) is 0 Å². The average Bonchev–Trinajstić information content (AvgIpc) is 2.27. The Morgan fingerprint density at radius 2 is 2.18 bits per heavy atom. The zero-order valence-corrected chi connectivity index (χ0v) is 9.43. The van der Waals surface area contributed by atoms with Crippen molar-refractivity contribution in [1.29, 1.82) is 0 Å². The summed E-state index contributed by atoms with van der Waals surface area (Å²) in [5.74, 6) is -2.73. The topological polar surface area (TPSA) is 38.3 Å². The van der Waals surface area contributed by atoms with Crippen molar-refractivity contribution in [2.45, 2.75) is 6.92 Å². The highest BCUT2D eigenvalue weighted by Gasteiger charge is 2.33. The Kier molecular flexibility index (Phi) is 3.11. The van der Waals surface area contributed by atoms with Crippen LogP contribution in [0.1, 0.15) is 17.3 Å². The van der Waals surface area contributed by atoms with Gasteiger partial charge in [-0.25, -0.2) is 8.78 Å². The fraction of sp³-hybridized carbons (Fsp3) is 0.417. The van der Waals surface area contributed by atoms with Gasteiger partial charge in [0.25, 0.3) is 5.91 Å². The van der Waals surface area contributed by atoms with E-state index in [1.807, 2.05) is 6.92 Å². The van der Waals surface area contributed by atoms with E-state index in [0.717, 1.165) is 6.07 Å². The minimum Gasteiger partial charge on any atom is -0.380 e. The van der Waals surface area contributed by atoms with Crippen molar-refractivity contribution in [1.82, 2.24) is 5.32 Å². The van der Waals surface area contributed by atoms with Crippen LogP contribution in [-0.4, -0.2) is 25.7 Å². The number of benzene rings is 1. The predicted molar refractivity (Wildman–Crippen MR) is 57.6 cm³/mol. The number of rotatable bonds is 3. The van der Waals surface area contributed by atoms with E-state index < -0.39 is 17.5 Å². The molecule has 1 fully saturated rings. The van der Waals surface area contributed by atoms with Crippen LogP contribution in [0.4, 0.5) is 8.78 Å². The molecule has 0 bridgehead atoms. The number of carbonyl (C=O) groups is 1. The standard InChI is InChI=1S/C12H13F2NO2/c1-12(6-17-7-12)5-15-11(16)8-3-2-4-9(13)10(8)14/h2-4H,5-7H2,1H3,(H,15,16). The van der Waals surface area contributed by atoms with Gasteiger partial charge in [-0.2, -0.15) is 0 Å². The lowest BCUT2D eigenvalue weighted by Crippen LogP contribution is -2.48. The first-order valence-electron chi connectivity index (χ1n) is 5.32. The molecular formula is C12H13F2NO2. The summed E-state index contributed by atoms with van der Waals surface area (Å²) in [7, 11) is 0. The van der Waals surface area contributed by atoms with E-state index in [2.05, 4.69) is 5.32 Å². The summed E-state index contributed by atoms with van der Waals surface area (Å²) in [5, 5.41) is 2.58. The first-order chi connectivity index (χ1) is 8.02. The highest BCUT2D eigenvalue weighted by molar-refractivity contribution is 5.94. The van der Waals surface area contributed by atoms with E-state index in [1.54, 1.807) is 0 Å². The maximum Gasteiger partial charge on any atom is 0.254 e. The van der Waals surface area contributed by atoms with Gasteiger partial charge < -0.3 is 10.1 Å². The molecule has 0 unspecified atom stereocenters. The van der Waals surface area contributed by atoms with Gasteiger partial charge >= 0.3 is 0 Å². The second kappa shape index (κ2) is 4.41. The highest BCUT2D eigenvalue weighted by atomic mass is 19.2. The normalized spacial score (nSPS) is 17.4. The van der Waals surface area contributed by atoms with E-state index in [-0.39, 0.29) is 11.0 Å². The number of amides is 1. The Morgan fingerprint density at radius 3 is 2.76 bits per heavy atom. The van der Waals surface area contributed by atoms with Crippen LogP contribution in [0, 0.1) is 17.0 Å². The lowest BCUT2D eigenvalue weighted by molar-refractivity contribution is -0.0978. The van der Waals surface area contributed by atoms with Gasteiger partial charge in [0.15, 0.2) is 11.6 Å². The molecule has 1 N–H and O–H groups in total. The van der Waals surface area contributed by atoms with Crippen LogP contribution in [0.15, 0.2) is 18.2 Å². The fourth-order valence-corrected chi connectivity index (χ4v) is 1.62. The molecule has 1 heterocycles. The zero-order valence-electron chi connectivity index (χ0n) is 9.43. The third-order valence-electron chi connectivity index (χ3n) is 2.77. The van der Waals surface area contributed by atoms with Crippen LogP contribution >= 0.6 is 0 Å².